The van der Waals surface area contributed by atoms with E-state index in [1.807, 2.05) is 0 Å². The molecule has 0 aromatic heterocycles. The Hall–Kier alpha value is -2.64. The van der Waals surface area contributed by atoms with Crippen molar-refractivity contribution in [1.82, 2.24) is 19.6 Å². The molecule has 3 saturated heterocycles. The number of carbonyl (C=O) groups excluding carboxylic acids is 2. The molecule has 3 heterocycles. The summed E-state index contributed by atoms with van der Waals surface area (Å²) in [5.41, 5.74) is 0.130. The molecule has 2 N–H and O–H groups in total. The maximum absolute atomic E-state index is 15.0. The van der Waals surface area contributed by atoms with E-state index in [-0.39, 0.29) is 42.6 Å². The number of halogens is 3. The van der Waals surface area contributed by atoms with Crippen LogP contribution >= 0.6 is 11.6 Å². The van der Waals surface area contributed by atoms with Crippen LogP contribution < -0.4 is 10.2 Å². The van der Waals surface area contributed by atoms with Crippen molar-refractivity contribution in [3.8, 4) is 11.5 Å². The van der Waals surface area contributed by atoms with E-state index in [1.54, 1.807) is 10.4 Å². The first-order valence-electron chi connectivity index (χ1n) is 12.8. The van der Waals surface area contributed by atoms with E-state index in [4.69, 9.17) is 16.3 Å². The minimum atomic E-state index is -2.18. The van der Waals surface area contributed by atoms with Gasteiger partial charge >= 0.3 is 0 Å². The number of hydrogen-bond donors (Lipinski definition) is 2. The molecule has 3 aliphatic rings. The van der Waals surface area contributed by atoms with Gasteiger partial charge < -0.3 is 9.64 Å². The van der Waals surface area contributed by atoms with Gasteiger partial charge in [0, 0.05) is 24.2 Å². The van der Waals surface area contributed by atoms with Crippen molar-refractivity contribution in [3.05, 3.63) is 53.1 Å². The van der Waals surface area contributed by atoms with Crippen LogP contribution in [-0.4, -0.2) is 79.6 Å². The summed E-state index contributed by atoms with van der Waals surface area (Å²) < 4.78 is 50.5. The largest absolute Gasteiger partial charge is 0.451 e. The normalized spacial score (nSPS) is 24.4. The first kappa shape index (κ1) is 27.9. The van der Waals surface area contributed by atoms with Crippen LogP contribution in [0.2, 0.25) is 5.02 Å². The van der Waals surface area contributed by atoms with Gasteiger partial charge in [-0.3, -0.25) is 19.7 Å². The quantitative estimate of drug-likeness (QED) is 0.383. The van der Waals surface area contributed by atoms with E-state index in [1.165, 1.54) is 28.6 Å². The summed E-state index contributed by atoms with van der Waals surface area (Å²) in [5, 5.41) is 9.99. The fourth-order valence-electron chi connectivity index (χ4n) is 5.68. The second-order valence-electron chi connectivity index (χ2n) is 10.1. The Bertz CT molecular complexity index is 1260. The molecule has 3 atom stereocenters. The second kappa shape index (κ2) is 11.5. The first-order chi connectivity index (χ1) is 18.7. The Labute approximate surface area is 232 Å². The first-order valence-corrected chi connectivity index (χ1v) is 14.3. The van der Waals surface area contributed by atoms with Crippen molar-refractivity contribution in [2.24, 2.45) is 0 Å². The van der Waals surface area contributed by atoms with Gasteiger partial charge in [0.05, 0.1) is 11.4 Å². The van der Waals surface area contributed by atoms with Gasteiger partial charge in [0.1, 0.15) is 22.3 Å². The van der Waals surface area contributed by atoms with Crippen molar-refractivity contribution in [1.29, 1.82) is 0 Å². The number of fused-ring (bicyclic) bond motifs is 2. The number of nitrogens with zero attached hydrogens (tertiary/aromatic N) is 3. The molecular formula is C26H29ClF2N4O5S. The molecule has 3 aliphatic heterocycles. The van der Waals surface area contributed by atoms with E-state index >= 15 is 8.78 Å². The SMILES string of the molecule is O=C(CN1CCCCC1)N1CC2CCC(C(=O)NO)(C1)N2S(=O)c1cc(F)c(Oc2ccc(Cl)cc2)c(F)c1. The molecule has 0 aliphatic carbocycles. The van der Waals surface area contributed by atoms with E-state index in [9.17, 15) is 19.0 Å². The second-order valence-corrected chi connectivity index (χ2v) is 11.9. The molecule has 0 saturated carbocycles. The molecule has 39 heavy (non-hydrogen) atoms. The zero-order valence-electron chi connectivity index (χ0n) is 21.1. The highest BCUT2D eigenvalue weighted by Crippen LogP contribution is 2.43. The van der Waals surface area contributed by atoms with Gasteiger partial charge in [0.2, 0.25) is 5.91 Å². The molecule has 5 rings (SSSR count). The Morgan fingerprint density at radius 3 is 2.44 bits per heavy atom. The zero-order chi connectivity index (χ0) is 27.7. The number of benzene rings is 2. The number of ether oxygens (including phenoxy) is 1. The number of hydrogen-bond acceptors (Lipinski definition) is 6. The zero-order valence-corrected chi connectivity index (χ0v) is 22.6. The van der Waals surface area contributed by atoms with Crippen LogP contribution in [0.5, 0.6) is 11.5 Å². The number of carbonyl (C=O) groups is 2. The molecule has 2 bridgehead atoms. The Morgan fingerprint density at radius 2 is 1.79 bits per heavy atom. The molecule has 0 radical (unpaired) electrons. The third-order valence-corrected chi connectivity index (χ3v) is 9.49. The smallest absolute Gasteiger partial charge is 0.266 e. The predicted octanol–water partition coefficient (Wildman–Crippen LogP) is 3.47. The molecule has 3 fully saturated rings. The van der Waals surface area contributed by atoms with Crippen molar-refractivity contribution in [2.75, 3.05) is 32.7 Å². The molecule has 2 aromatic carbocycles. The molecule has 0 spiro atoms. The highest BCUT2D eigenvalue weighted by atomic mass is 35.5. The monoisotopic (exact) mass is 582 g/mol. The molecular weight excluding hydrogens is 554 g/mol. The van der Waals surface area contributed by atoms with Gasteiger partial charge in [-0.1, -0.05) is 18.0 Å². The average molecular weight is 583 g/mol. The van der Waals surface area contributed by atoms with Crippen molar-refractivity contribution in [2.45, 2.75) is 48.6 Å². The summed E-state index contributed by atoms with van der Waals surface area (Å²) in [5.74, 6) is -3.62. The minimum absolute atomic E-state index is 0.100. The number of amides is 2. The van der Waals surface area contributed by atoms with Crippen LogP contribution in [-0.2, 0) is 20.6 Å². The van der Waals surface area contributed by atoms with Crippen molar-refractivity contribution in [3.63, 3.8) is 0 Å². The summed E-state index contributed by atoms with van der Waals surface area (Å²) in [7, 11) is -2.18. The van der Waals surface area contributed by atoms with Crippen LogP contribution in [0.15, 0.2) is 41.3 Å². The number of piperidine rings is 1. The third kappa shape index (κ3) is 5.53. The van der Waals surface area contributed by atoms with Crippen LogP contribution in [0.4, 0.5) is 8.78 Å². The lowest BCUT2D eigenvalue weighted by Gasteiger charge is -2.46. The van der Waals surface area contributed by atoms with Gasteiger partial charge in [-0.15, -0.1) is 0 Å². The van der Waals surface area contributed by atoms with Gasteiger partial charge in [-0.2, -0.15) is 4.31 Å². The number of likely N-dealkylation sites (tertiary alicyclic amines) is 2. The van der Waals surface area contributed by atoms with Crippen molar-refractivity contribution < 1.29 is 32.5 Å². The molecule has 3 unspecified atom stereocenters. The van der Waals surface area contributed by atoms with Gasteiger partial charge in [-0.25, -0.2) is 18.5 Å². The maximum Gasteiger partial charge on any atom is 0.266 e. The average Bonchev–Trinajstić information content (AvgIpc) is 3.17. The lowest BCUT2D eigenvalue weighted by molar-refractivity contribution is -0.146. The highest BCUT2D eigenvalue weighted by molar-refractivity contribution is 7.82. The van der Waals surface area contributed by atoms with Gasteiger partial charge in [0.25, 0.3) is 5.91 Å². The van der Waals surface area contributed by atoms with Gasteiger partial charge in [-0.05, 0) is 75.2 Å². The molecule has 210 valence electrons. The number of piperazine rings is 1. The van der Waals surface area contributed by atoms with Crippen molar-refractivity contribution >= 4 is 34.4 Å². The standard InChI is InChI=1S/C26H29ClF2N4O5S/c27-17-4-6-19(7-5-17)38-24-21(28)12-20(13-22(24)29)39(37)33-18-8-9-26(33,25(35)30-36)16-32(14-18)23(34)15-31-10-2-1-3-11-31/h4-7,12-13,18,36H,1-3,8-11,14-16H2,(H,30,35). The van der Waals surface area contributed by atoms with Crippen LogP contribution in [0.1, 0.15) is 32.1 Å². The predicted molar refractivity (Wildman–Crippen MR) is 139 cm³/mol. The Balaban J connectivity index is 1.38. The summed E-state index contributed by atoms with van der Waals surface area (Å²) in [6.45, 7) is 1.99. The van der Waals surface area contributed by atoms with E-state index in [2.05, 4.69) is 4.90 Å². The van der Waals surface area contributed by atoms with E-state index < -0.39 is 45.9 Å². The number of rotatable bonds is 7. The van der Waals surface area contributed by atoms with Crippen LogP contribution in [0, 0.1) is 11.6 Å². The third-order valence-electron chi connectivity index (χ3n) is 7.60. The lowest BCUT2D eigenvalue weighted by atomic mass is 9.95. The lowest BCUT2D eigenvalue weighted by Crippen LogP contribution is -2.68. The molecule has 2 amide bonds. The summed E-state index contributed by atoms with van der Waals surface area (Å²) in [6.07, 6.45) is 3.81. The topological polar surface area (TPSA) is 102 Å². The minimum Gasteiger partial charge on any atom is -0.451 e. The summed E-state index contributed by atoms with van der Waals surface area (Å²) in [6, 6.07) is 7.22. The van der Waals surface area contributed by atoms with Crippen LogP contribution in [0.25, 0.3) is 0 Å². The Morgan fingerprint density at radius 1 is 1.13 bits per heavy atom. The molecule has 9 nitrogen and oxygen atoms in total. The van der Waals surface area contributed by atoms with E-state index in [0.717, 1.165) is 44.5 Å². The summed E-state index contributed by atoms with van der Waals surface area (Å²) in [4.78, 5) is 29.6. The highest BCUT2D eigenvalue weighted by Gasteiger charge is 2.59. The molecule has 2 aromatic rings. The van der Waals surface area contributed by atoms with Gasteiger partial charge in [0.15, 0.2) is 17.4 Å². The molecule has 13 heteroatoms. The fraction of sp³-hybridized carbons (Fsp3) is 0.462. The number of nitrogens with one attached hydrogen (secondary N) is 1. The number of hydroxylamine groups is 1. The summed E-state index contributed by atoms with van der Waals surface area (Å²) >= 11 is 5.84. The Kier molecular flexibility index (Phi) is 8.20. The maximum atomic E-state index is 15.0. The van der Waals surface area contributed by atoms with E-state index in [0.29, 0.717) is 11.4 Å². The van der Waals surface area contributed by atoms with Crippen LogP contribution in [0.3, 0.4) is 0 Å². The fourth-order valence-corrected chi connectivity index (χ4v) is 7.44.